The van der Waals surface area contributed by atoms with Crippen molar-refractivity contribution in [3.63, 3.8) is 0 Å². The first-order chi connectivity index (χ1) is 18.5. The second kappa shape index (κ2) is 8.44. The Hall–Kier alpha value is -4.14. The quantitative estimate of drug-likeness (QED) is 0.351. The van der Waals surface area contributed by atoms with Crippen LogP contribution in [0.4, 0.5) is 19.7 Å². The molecule has 1 saturated heterocycles. The van der Waals surface area contributed by atoms with E-state index in [0.717, 1.165) is 17.8 Å². The highest BCUT2D eigenvalue weighted by Crippen LogP contribution is 2.46. The number of nitrogens with zero attached hydrogens (tertiary/aromatic N) is 6. The molecular weight excluding hydrogens is 508 g/mol. The lowest BCUT2D eigenvalue weighted by Gasteiger charge is -2.19. The number of fused-ring (bicyclic) bond motifs is 4. The van der Waals surface area contributed by atoms with E-state index in [1.807, 2.05) is 22.7 Å². The molecule has 1 fully saturated rings. The van der Waals surface area contributed by atoms with E-state index in [9.17, 15) is 5.26 Å². The fraction of sp³-hybridized carbons (Fsp3) is 0.259. The predicted octanol–water partition coefficient (Wildman–Crippen LogP) is 5.00. The summed E-state index contributed by atoms with van der Waals surface area (Å²) in [6.45, 7) is 1.72. The summed E-state index contributed by atoms with van der Waals surface area (Å²) in [5, 5.41) is 10.9. The molecule has 2 N–H and O–H groups in total. The van der Waals surface area contributed by atoms with Crippen molar-refractivity contribution in [3.05, 3.63) is 64.9 Å². The third-order valence-electron chi connectivity index (χ3n) is 7.58. The van der Waals surface area contributed by atoms with Crippen LogP contribution >= 0.6 is 11.3 Å². The minimum Gasteiger partial charge on any atom is -0.389 e. The third kappa shape index (κ3) is 3.23. The molecule has 0 aliphatic carbocycles. The Morgan fingerprint density at radius 2 is 2.03 bits per heavy atom. The van der Waals surface area contributed by atoms with Gasteiger partial charge < -0.3 is 19.9 Å². The number of benzene rings is 2. The lowest BCUT2D eigenvalue weighted by molar-refractivity contribution is 0.135. The molecule has 190 valence electrons. The number of nitrogen functional groups attached to an aromatic ring is 1. The predicted molar refractivity (Wildman–Crippen MR) is 141 cm³/mol. The van der Waals surface area contributed by atoms with E-state index < -0.39 is 11.6 Å². The van der Waals surface area contributed by atoms with Crippen LogP contribution in [0.2, 0.25) is 0 Å². The minimum absolute atomic E-state index is 0.0179. The van der Waals surface area contributed by atoms with Crippen molar-refractivity contribution < 1.29 is 13.5 Å². The van der Waals surface area contributed by atoms with Gasteiger partial charge in [-0.2, -0.15) is 5.26 Å². The number of nitriles is 1. The van der Waals surface area contributed by atoms with Gasteiger partial charge in [0.05, 0.1) is 18.8 Å². The maximum Gasteiger partial charge on any atom is 0.225 e. The van der Waals surface area contributed by atoms with E-state index in [2.05, 4.69) is 21.0 Å². The van der Waals surface area contributed by atoms with Crippen LogP contribution in [0, 0.1) is 23.0 Å². The second-order valence-corrected chi connectivity index (χ2v) is 10.7. The van der Waals surface area contributed by atoms with Gasteiger partial charge in [0.2, 0.25) is 5.95 Å². The highest BCUT2D eigenvalue weighted by Gasteiger charge is 2.32. The zero-order valence-electron chi connectivity index (χ0n) is 20.3. The molecule has 0 saturated carbocycles. The van der Waals surface area contributed by atoms with Gasteiger partial charge >= 0.3 is 0 Å². The number of aryl methyl sites for hydroxylation is 1. The Morgan fingerprint density at radius 1 is 1.18 bits per heavy atom. The van der Waals surface area contributed by atoms with E-state index in [1.54, 1.807) is 18.5 Å². The number of ether oxygens (including phenoxy) is 1. The van der Waals surface area contributed by atoms with Crippen LogP contribution in [0.1, 0.15) is 34.9 Å². The molecule has 5 aromatic rings. The molecule has 0 spiro atoms. The molecule has 2 aliphatic heterocycles. The summed E-state index contributed by atoms with van der Waals surface area (Å²) >= 11 is 1.18. The Kier molecular flexibility index (Phi) is 5.11. The highest BCUT2D eigenvalue weighted by molar-refractivity contribution is 7.23. The van der Waals surface area contributed by atoms with E-state index in [0.29, 0.717) is 40.1 Å². The lowest BCUT2D eigenvalue weighted by Crippen LogP contribution is -2.22. The maximum atomic E-state index is 16.5. The number of halogens is 2. The number of imidazole rings is 1. The van der Waals surface area contributed by atoms with Crippen LogP contribution in [0.15, 0.2) is 30.7 Å². The van der Waals surface area contributed by atoms with Gasteiger partial charge in [0.15, 0.2) is 5.82 Å². The Labute approximate surface area is 219 Å². The molecule has 11 heteroatoms. The number of hydrogen-bond donors (Lipinski definition) is 1. The molecule has 8 nitrogen and oxygen atoms in total. The average Bonchev–Trinajstić information content (AvgIpc) is 3.71. The van der Waals surface area contributed by atoms with Crippen LogP contribution in [0.3, 0.4) is 0 Å². The van der Waals surface area contributed by atoms with Crippen molar-refractivity contribution in [2.45, 2.75) is 25.6 Å². The molecule has 2 aliphatic rings. The number of thiophene rings is 1. The van der Waals surface area contributed by atoms with Gasteiger partial charge in [-0.05, 0) is 29.7 Å². The Balaban J connectivity index is 1.42. The molecule has 0 amide bonds. The standard InChI is InChI=1S/C27H21F2N7OS/c1-35-7-5-32-26(35)13-4-6-36(10-13)27-33-9-15-16-11-37-12-17(16)21(23(29)24(15)34-27)22-18(28)2-3-19-20(22)14(8-30)25(31)38-19/h2-3,5,7,9,13H,4,6,10-12,31H2,1H3. The van der Waals surface area contributed by atoms with Gasteiger partial charge in [0.25, 0.3) is 0 Å². The lowest BCUT2D eigenvalue weighted by atomic mass is 9.90. The topological polar surface area (TPSA) is 106 Å². The first kappa shape index (κ1) is 23.0. The molecule has 1 unspecified atom stereocenters. The fourth-order valence-electron chi connectivity index (χ4n) is 5.78. The number of nitrogens with two attached hydrogens (primary N) is 1. The monoisotopic (exact) mass is 529 g/mol. The Morgan fingerprint density at radius 3 is 2.82 bits per heavy atom. The molecule has 1 atom stereocenters. The van der Waals surface area contributed by atoms with Crippen LogP contribution in [-0.4, -0.2) is 32.6 Å². The van der Waals surface area contributed by atoms with Crippen LogP contribution in [-0.2, 0) is 25.0 Å². The summed E-state index contributed by atoms with van der Waals surface area (Å²) in [5.74, 6) is 0.319. The van der Waals surface area contributed by atoms with Crippen molar-refractivity contribution in [1.29, 1.82) is 5.26 Å². The summed E-state index contributed by atoms with van der Waals surface area (Å²) in [6.07, 6.45) is 6.21. The first-order valence-corrected chi connectivity index (χ1v) is 13.0. The average molecular weight is 530 g/mol. The van der Waals surface area contributed by atoms with Gasteiger partial charge in [-0.3, -0.25) is 0 Å². The van der Waals surface area contributed by atoms with E-state index in [-0.39, 0.29) is 46.3 Å². The van der Waals surface area contributed by atoms with Gasteiger partial charge in [0.1, 0.15) is 28.2 Å². The molecule has 38 heavy (non-hydrogen) atoms. The smallest absolute Gasteiger partial charge is 0.225 e. The molecule has 3 aromatic heterocycles. The molecule has 5 heterocycles. The summed E-state index contributed by atoms with van der Waals surface area (Å²) in [7, 11) is 1.97. The van der Waals surface area contributed by atoms with E-state index in [4.69, 9.17) is 10.5 Å². The summed E-state index contributed by atoms with van der Waals surface area (Å²) in [5.41, 5.74) is 7.68. The van der Waals surface area contributed by atoms with Crippen molar-refractivity contribution >= 4 is 43.3 Å². The normalized spacial score (nSPS) is 17.0. The first-order valence-electron chi connectivity index (χ1n) is 12.2. The highest BCUT2D eigenvalue weighted by atomic mass is 32.1. The van der Waals surface area contributed by atoms with Crippen LogP contribution in [0.25, 0.3) is 32.1 Å². The molecule has 0 radical (unpaired) electrons. The summed E-state index contributed by atoms with van der Waals surface area (Å²) in [6, 6.07) is 4.92. The number of anilines is 2. The summed E-state index contributed by atoms with van der Waals surface area (Å²) < 4.78 is 40.4. The van der Waals surface area contributed by atoms with E-state index in [1.165, 1.54) is 17.4 Å². The largest absolute Gasteiger partial charge is 0.389 e. The van der Waals surface area contributed by atoms with Gasteiger partial charge in [-0.15, -0.1) is 11.3 Å². The SMILES string of the molecule is Cn1ccnc1C1CCN(c2ncc3c4c(c(-c5c(F)ccc6sc(N)c(C#N)c56)c(F)c3n2)COC4)C1. The van der Waals surface area contributed by atoms with Gasteiger partial charge in [-0.1, -0.05) is 0 Å². The van der Waals surface area contributed by atoms with Crippen LogP contribution < -0.4 is 10.6 Å². The number of rotatable bonds is 3. The minimum atomic E-state index is -0.659. The van der Waals surface area contributed by atoms with Crippen molar-refractivity contribution in [1.82, 2.24) is 19.5 Å². The number of aromatic nitrogens is 4. The molecule has 7 rings (SSSR count). The second-order valence-electron chi connectivity index (χ2n) is 9.65. The number of hydrogen-bond acceptors (Lipinski definition) is 8. The maximum absolute atomic E-state index is 16.5. The summed E-state index contributed by atoms with van der Waals surface area (Å²) in [4.78, 5) is 15.7. The van der Waals surface area contributed by atoms with Crippen molar-refractivity contribution in [2.75, 3.05) is 23.7 Å². The van der Waals surface area contributed by atoms with Gasteiger partial charge in [0, 0.05) is 71.2 Å². The third-order valence-corrected chi connectivity index (χ3v) is 8.56. The van der Waals surface area contributed by atoms with E-state index >= 15 is 8.78 Å². The van der Waals surface area contributed by atoms with Crippen LogP contribution in [0.5, 0.6) is 0 Å². The molecule has 0 bridgehead atoms. The molecular formula is C27H21F2N7OS. The zero-order valence-corrected chi connectivity index (χ0v) is 21.1. The van der Waals surface area contributed by atoms with Crippen molar-refractivity contribution in [3.8, 4) is 17.2 Å². The zero-order chi connectivity index (χ0) is 26.1. The van der Waals surface area contributed by atoms with Gasteiger partial charge in [-0.25, -0.2) is 23.7 Å². The fourth-order valence-corrected chi connectivity index (χ4v) is 6.71. The Bertz CT molecular complexity index is 1820. The molecule has 2 aromatic carbocycles. The van der Waals surface area contributed by atoms with Crippen molar-refractivity contribution in [2.24, 2.45) is 7.05 Å².